The third-order valence-corrected chi connectivity index (χ3v) is 2.94. The maximum Gasteiger partial charge on any atom is 0.317 e. The van der Waals surface area contributed by atoms with E-state index in [4.69, 9.17) is 28.3 Å². The van der Waals surface area contributed by atoms with Gasteiger partial charge < -0.3 is 5.11 Å². The molecule has 0 fully saturated rings. The molecule has 76 valence electrons. The monoisotopic (exact) mass is 234 g/mol. The van der Waals surface area contributed by atoms with Gasteiger partial charge in [0.1, 0.15) is 5.41 Å². The minimum absolute atomic E-state index is 0.751. The molecule has 0 bridgehead atoms. The van der Waals surface area contributed by atoms with Gasteiger partial charge in [-0.25, -0.2) is 0 Å². The van der Waals surface area contributed by atoms with E-state index in [-0.39, 0.29) is 0 Å². The van der Waals surface area contributed by atoms with Gasteiger partial charge in [0.2, 0.25) is 5.24 Å². The topological polar surface area (TPSA) is 54.4 Å². The summed E-state index contributed by atoms with van der Waals surface area (Å²) < 4.78 is 0. The SMILES string of the molecule is CC1(C(=O)O)C=CC(Cl)(C(=O)Cl)C=C1. The van der Waals surface area contributed by atoms with Crippen LogP contribution in [0.15, 0.2) is 24.3 Å². The molecular formula is C9H8Cl2O3. The number of allylic oxidation sites excluding steroid dienone is 2. The molecule has 0 unspecified atom stereocenters. The zero-order chi connectivity index (χ0) is 11.0. The summed E-state index contributed by atoms with van der Waals surface area (Å²) in [6, 6.07) is 0. The fraction of sp³-hybridized carbons (Fsp3) is 0.333. The van der Waals surface area contributed by atoms with Gasteiger partial charge in [-0.3, -0.25) is 9.59 Å². The van der Waals surface area contributed by atoms with E-state index < -0.39 is 21.5 Å². The average Bonchev–Trinajstić information content (AvgIpc) is 2.10. The molecule has 0 saturated heterocycles. The molecule has 1 aliphatic rings. The van der Waals surface area contributed by atoms with Gasteiger partial charge in [0.15, 0.2) is 4.87 Å². The Morgan fingerprint density at radius 1 is 1.21 bits per heavy atom. The Balaban J connectivity index is 3.01. The van der Waals surface area contributed by atoms with Crippen LogP contribution < -0.4 is 0 Å². The second-order valence-corrected chi connectivity index (χ2v) is 4.26. The number of alkyl halides is 1. The fourth-order valence-electron chi connectivity index (χ4n) is 0.974. The predicted molar refractivity (Wildman–Crippen MR) is 53.5 cm³/mol. The second-order valence-electron chi connectivity index (χ2n) is 3.30. The first kappa shape index (κ1) is 11.3. The highest BCUT2D eigenvalue weighted by molar-refractivity contribution is 6.71. The Morgan fingerprint density at radius 2 is 1.64 bits per heavy atom. The predicted octanol–water partition coefficient (Wildman–Crippen LogP) is 1.95. The Kier molecular flexibility index (Phi) is 2.74. The first-order valence-corrected chi connectivity index (χ1v) is 4.59. The van der Waals surface area contributed by atoms with Gasteiger partial charge in [-0.05, 0) is 18.5 Å². The van der Waals surface area contributed by atoms with Gasteiger partial charge in [0.25, 0.3) is 0 Å². The van der Waals surface area contributed by atoms with E-state index in [9.17, 15) is 9.59 Å². The Morgan fingerprint density at radius 3 is 1.93 bits per heavy atom. The van der Waals surface area contributed by atoms with E-state index in [1.54, 1.807) is 0 Å². The molecule has 0 aliphatic heterocycles. The Bertz CT molecular complexity index is 298. The largest absolute Gasteiger partial charge is 0.480 e. The number of hydrogen-bond donors (Lipinski definition) is 1. The minimum Gasteiger partial charge on any atom is -0.480 e. The quantitative estimate of drug-likeness (QED) is 0.452. The zero-order valence-electron chi connectivity index (χ0n) is 7.33. The van der Waals surface area contributed by atoms with Crippen molar-refractivity contribution in [3.63, 3.8) is 0 Å². The lowest BCUT2D eigenvalue weighted by Gasteiger charge is -2.25. The van der Waals surface area contributed by atoms with Gasteiger partial charge in [0.05, 0.1) is 0 Å². The van der Waals surface area contributed by atoms with Crippen molar-refractivity contribution in [2.45, 2.75) is 11.8 Å². The van der Waals surface area contributed by atoms with Crippen molar-refractivity contribution < 1.29 is 14.7 Å². The van der Waals surface area contributed by atoms with Gasteiger partial charge >= 0.3 is 5.97 Å². The number of hydrogen-bond acceptors (Lipinski definition) is 2. The summed E-state index contributed by atoms with van der Waals surface area (Å²) in [4.78, 5) is 20.3. The number of halogens is 2. The van der Waals surface area contributed by atoms with Gasteiger partial charge in [0, 0.05) is 0 Å². The first-order valence-electron chi connectivity index (χ1n) is 3.83. The molecule has 0 aromatic carbocycles. The molecule has 0 aromatic heterocycles. The van der Waals surface area contributed by atoms with Gasteiger partial charge in [-0.2, -0.15) is 0 Å². The van der Waals surface area contributed by atoms with Gasteiger partial charge in [-0.1, -0.05) is 24.3 Å². The molecule has 5 heteroatoms. The molecule has 1 rings (SSSR count). The molecule has 1 N–H and O–H groups in total. The van der Waals surface area contributed by atoms with Crippen LogP contribution in [0.25, 0.3) is 0 Å². The summed E-state index contributed by atoms with van der Waals surface area (Å²) in [5.41, 5.74) is -1.12. The van der Waals surface area contributed by atoms with E-state index in [1.165, 1.54) is 31.2 Å². The number of carboxylic acid groups (broad SMARTS) is 1. The Labute approximate surface area is 91.0 Å². The molecule has 0 amide bonds. The van der Waals surface area contributed by atoms with Crippen LogP contribution in [0.3, 0.4) is 0 Å². The van der Waals surface area contributed by atoms with Crippen LogP contribution in [0.1, 0.15) is 6.92 Å². The standard InChI is InChI=1S/C9H8Cl2O3/c1-8(7(13)14)2-4-9(11,5-3-8)6(10)12/h2-5H,1H3,(H,13,14). The summed E-state index contributed by atoms with van der Waals surface area (Å²) in [5, 5.41) is 8.09. The van der Waals surface area contributed by atoms with Crippen molar-refractivity contribution in [2.24, 2.45) is 5.41 Å². The summed E-state index contributed by atoms with van der Waals surface area (Å²) in [6.45, 7) is 1.50. The van der Waals surface area contributed by atoms with Crippen LogP contribution in [0.2, 0.25) is 0 Å². The minimum atomic E-state index is -1.41. The summed E-state index contributed by atoms with van der Waals surface area (Å²) in [5.74, 6) is -1.01. The summed E-state index contributed by atoms with van der Waals surface area (Å²) in [6.07, 6.45) is 5.28. The molecule has 0 spiro atoms. The summed E-state index contributed by atoms with van der Waals surface area (Å²) >= 11 is 11.0. The molecule has 0 atom stereocenters. The first-order chi connectivity index (χ1) is 6.30. The van der Waals surface area contributed by atoms with E-state index in [0.717, 1.165) is 0 Å². The number of carbonyl (C=O) groups is 2. The van der Waals surface area contributed by atoms with Crippen molar-refractivity contribution in [1.29, 1.82) is 0 Å². The molecule has 0 radical (unpaired) electrons. The highest BCUT2D eigenvalue weighted by Gasteiger charge is 2.37. The zero-order valence-corrected chi connectivity index (χ0v) is 8.84. The maximum absolute atomic E-state index is 10.9. The molecule has 14 heavy (non-hydrogen) atoms. The molecular weight excluding hydrogens is 227 g/mol. The third kappa shape index (κ3) is 1.83. The molecule has 1 aliphatic carbocycles. The molecule has 0 heterocycles. The lowest BCUT2D eigenvalue weighted by atomic mass is 9.83. The van der Waals surface area contributed by atoms with Crippen molar-refractivity contribution >= 4 is 34.4 Å². The Hall–Kier alpha value is -0.800. The molecule has 3 nitrogen and oxygen atoms in total. The molecule has 0 aromatic rings. The highest BCUT2D eigenvalue weighted by atomic mass is 35.5. The van der Waals surface area contributed by atoms with Crippen molar-refractivity contribution in [2.75, 3.05) is 0 Å². The third-order valence-electron chi connectivity index (χ3n) is 2.11. The van der Waals surface area contributed by atoms with Crippen molar-refractivity contribution in [1.82, 2.24) is 0 Å². The van der Waals surface area contributed by atoms with E-state index in [2.05, 4.69) is 0 Å². The maximum atomic E-state index is 10.9. The van der Waals surface area contributed by atoms with Crippen LogP contribution in [0.5, 0.6) is 0 Å². The lowest BCUT2D eigenvalue weighted by Crippen LogP contribution is -2.32. The highest BCUT2D eigenvalue weighted by Crippen LogP contribution is 2.33. The fourth-order valence-corrected chi connectivity index (χ4v) is 1.23. The van der Waals surface area contributed by atoms with Crippen LogP contribution >= 0.6 is 23.2 Å². The second kappa shape index (κ2) is 3.41. The molecule has 0 saturated carbocycles. The number of rotatable bonds is 2. The number of aliphatic carboxylic acids is 1. The van der Waals surface area contributed by atoms with Crippen LogP contribution in [-0.2, 0) is 9.59 Å². The smallest absolute Gasteiger partial charge is 0.317 e. The van der Waals surface area contributed by atoms with Crippen LogP contribution in [0.4, 0.5) is 0 Å². The van der Waals surface area contributed by atoms with E-state index >= 15 is 0 Å². The van der Waals surface area contributed by atoms with Crippen molar-refractivity contribution in [3.05, 3.63) is 24.3 Å². The number of carbonyl (C=O) groups excluding carboxylic acids is 1. The lowest BCUT2D eigenvalue weighted by molar-refractivity contribution is -0.143. The average molecular weight is 235 g/mol. The van der Waals surface area contributed by atoms with Crippen LogP contribution in [0, 0.1) is 5.41 Å². The van der Waals surface area contributed by atoms with E-state index in [0.29, 0.717) is 0 Å². The number of carboxylic acids is 1. The van der Waals surface area contributed by atoms with Crippen LogP contribution in [-0.4, -0.2) is 21.2 Å². The summed E-state index contributed by atoms with van der Waals surface area (Å²) in [7, 11) is 0. The van der Waals surface area contributed by atoms with Crippen molar-refractivity contribution in [3.8, 4) is 0 Å². The normalized spacial score (nSPS) is 35.6. The van der Waals surface area contributed by atoms with Gasteiger partial charge in [-0.15, -0.1) is 11.6 Å². The van der Waals surface area contributed by atoms with E-state index in [1.807, 2.05) is 0 Å².